The van der Waals surface area contributed by atoms with E-state index in [0.717, 1.165) is 39.7 Å². The Hall–Kier alpha value is -4.71. The molecule has 0 unspecified atom stereocenters. The van der Waals surface area contributed by atoms with Crippen LogP contribution in [0.4, 0.5) is 11.4 Å². The van der Waals surface area contributed by atoms with Crippen LogP contribution in [0.25, 0.3) is 0 Å². The lowest BCUT2D eigenvalue weighted by molar-refractivity contribution is -0.136. The molecule has 1 N–H and O–H groups in total. The number of benzene rings is 4. The second-order valence-electron chi connectivity index (χ2n) is 9.29. The molecular weight excluding hydrogens is 488 g/mol. The van der Waals surface area contributed by atoms with Crippen molar-refractivity contribution in [1.29, 1.82) is 0 Å². The Bertz CT molecular complexity index is 1420. The lowest BCUT2D eigenvalue weighted by Crippen LogP contribution is -2.41. The van der Waals surface area contributed by atoms with Crippen LogP contribution in [0.1, 0.15) is 29.6 Å². The summed E-state index contributed by atoms with van der Waals surface area (Å²) >= 11 is 0. The van der Waals surface area contributed by atoms with Gasteiger partial charge in [0.1, 0.15) is 11.5 Å². The molecule has 0 bridgehead atoms. The quantitative estimate of drug-likeness (QED) is 0.254. The van der Waals surface area contributed by atoms with E-state index in [1.54, 1.807) is 14.2 Å². The van der Waals surface area contributed by atoms with Crippen LogP contribution >= 0.6 is 0 Å². The number of anilines is 2. The monoisotopic (exact) mass is 520 g/mol. The van der Waals surface area contributed by atoms with Crippen LogP contribution in [0.3, 0.4) is 0 Å². The van der Waals surface area contributed by atoms with E-state index in [4.69, 9.17) is 14.2 Å². The molecule has 2 atom stereocenters. The molecule has 1 aliphatic heterocycles. The van der Waals surface area contributed by atoms with E-state index in [9.17, 15) is 4.79 Å². The molecule has 1 heterocycles. The van der Waals surface area contributed by atoms with Gasteiger partial charge in [-0.15, -0.1) is 0 Å². The maximum absolute atomic E-state index is 13.6. The highest BCUT2D eigenvalue weighted by atomic mass is 16.5. The molecular formula is C33H32N2O4. The summed E-state index contributed by atoms with van der Waals surface area (Å²) in [5, 5.41) is 3.56. The number of esters is 1. The molecule has 0 amide bonds. The number of hydrogen-bond acceptors (Lipinski definition) is 6. The van der Waals surface area contributed by atoms with Crippen LogP contribution in [0.2, 0.25) is 0 Å². The van der Waals surface area contributed by atoms with Gasteiger partial charge >= 0.3 is 5.97 Å². The van der Waals surface area contributed by atoms with Gasteiger partial charge in [-0.3, -0.25) is 0 Å². The average molecular weight is 521 g/mol. The number of nitrogens with zero attached hydrogens (tertiary/aromatic N) is 1. The van der Waals surface area contributed by atoms with E-state index in [-0.39, 0.29) is 12.0 Å². The molecule has 39 heavy (non-hydrogen) atoms. The van der Waals surface area contributed by atoms with E-state index in [2.05, 4.69) is 46.6 Å². The van der Waals surface area contributed by atoms with Gasteiger partial charge in [0.2, 0.25) is 0 Å². The zero-order valence-corrected chi connectivity index (χ0v) is 22.3. The van der Waals surface area contributed by atoms with Crippen LogP contribution in [-0.4, -0.2) is 27.3 Å². The molecule has 0 saturated carbocycles. The van der Waals surface area contributed by atoms with Crippen molar-refractivity contribution in [3.8, 4) is 11.5 Å². The number of methoxy groups -OCH3 is 3. The first-order chi connectivity index (χ1) is 19.1. The minimum absolute atomic E-state index is 0.0704. The van der Waals surface area contributed by atoms with Crippen molar-refractivity contribution < 1.29 is 19.0 Å². The minimum atomic E-state index is -0.410. The molecule has 0 aromatic heterocycles. The molecule has 0 spiro atoms. The van der Waals surface area contributed by atoms with E-state index in [1.165, 1.54) is 7.11 Å². The lowest BCUT2D eigenvalue weighted by Gasteiger charge is -2.46. The Labute approximate surface area is 229 Å². The Morgan fingerprint density at radius 2 is 1.26 bits per heavy atom. The van der Waals surface area contributed by atoms with Gasteiger partial charge in [-0.25, -0.2) is 4.79 Å². The zero-order chi connectivity index (χ0) is 27.2. The third-order valence-electron chi connectivity index (χ3n) is 7.07. The first-order valence-corrected chi connectivity index (χ1v) is 12.9. The summed E-state index contributed by atoms with van der Waals surface area (Å²) in [5.41, 5.74) is 5.37. The van der Waals surface area contributed by atoms with E-state index in [1.807, 2.05) is 72.8 Å². The molecule has 0 aliphatic carbocycles. The van der Waals surface area contributed by atoms with Gasteiger partial charge in [-0.2, -0.15) is 0 Å². The van der Waals surface area contributed by atoms with Gasteiger partial charge in [-0.1, -0.05) is 60.7 Å². The molecule has 0 radical (unpaired) electrons. The molecule has 5 rings (SSSR count). The summed E-state index contributed by atoms with van der Waals surface area (Å²) in [6.07, 6.45) is 0.565. The molecule has 198 valence electrons. The average Bonchev–Trinajstić information content (AvgIpc) is 3.01. The van der Waals surface area contributed by atoms with Crippen molar-refractivity contribution >= 4 is 17.3 Å². The number of carbonyl (C=O) groups is 1. The van der Waals surface area contributed by atoms with E-state index in [0.29, 0.717) is 12.0 Å². The summed E-state index contributed by atoms with van der Waals surface area (Å²) in [7, 11) is 4.73. The van der Waals surface area contributed by atoms with E-state index < -0.39 is 6.04 Å². The fourth-order valence-electron chi connectivity index (χ4n) is 5.20. The summed E-state index contributed by atoms with van der Waals surface area (Å²) in [4.78, 5) is 15.9. The predicted octanol–water partition coefficient (Wildman–Crippen LogP) is 6.94. The maximum Gasteiger partial charge on any atom is 0.337 e. The first kappa shape index (κ1) is 25.9. The molecule has 4 aromatic carbocycles. The molecule has 6 heteroatoms. The summed E-state index contributed by atoms with van der Waals surface area (Å²) in [5.74, 6) is 1.17. The van der Waals surface area contributed by atoms with Crippen molar-refractivity contribution in [2.75, 3.05) is 31.5 Å². The zero-order valence-electron chi connectivity index (χ0n) is 22.3. The second-order valence-corrected chi connectivity index (χ2v) is 9.29. The molecule has 6 nitrogen and oxygen atoms in total. The summed E-state index contributed by atoms with van der Waals surface area (Å²) in [6.45, 7) is 0. The predicted molar refractivity (Wildman–Crippen MR) is 154 cm³/mol. The Kier molecular flexibility index (Phi) is 7.83. The fraction of sp³-hybridized carbons (Fsp3) is 0.182. The molecule has 4 aromatic rings. The number of nitrogens with one attached hydrogen (secondary N) is 1. The Balaban J connectivity index is 1.73. The molecule has 0 saturated heterocycles. The fourth-order valence-corrected chi connectivity index (χ4v) is 5.20. The van der Waals surface area contributed by atoms with Gasteiger partial charge in [0, 0.05) is 23.5 Å². The molecule has 1 aliphatic rings. The summed E-state index contributed by atoms with van der Waals surface area (Å²) in [6, 6.07) is 35.7. The number of rotatable bonds is 8. The van der Waals surface area contributed by atoms with Gasteiger partial charge in [-0.05, 0) is 59.7 Å². The van der Waals surface area contributed by atoms with Gasteiger partial charge in [0.25, 0.3) is 0 Å². The number of hydrogen-bond donors (Lipinski definition) is 1. The highest BCUT2D eigenvalue weighted by Crippen LogP contribution is 2.48. The van der Waals surface area contributed by atoms with Crippen molar-refractivity contribution in [1.82, 2.24) is 0 Å². The second kappa shape index (κ2) is 11.8. The van der Waals surface area contributed by atoms with Crippen molar-refractivity contribution in [3.63, 3.8) is 0 Å². The van der Waals surface area contributed by atoms with Crippen LogP contribution in [0, 0.1) is 0 Å². The van der Waals surface area contributed by atoms with Crippen LogP contribution in [-0.2, 0) is 9.53 Å². The normalized spacial score (nSPS) is 16.9. The Morgan fingerprint density at radius 1 is 0.718 bits per heavy atom. The molecule has 0 fully saturated rings. The van der Waals surface area contributed by atoms with Crippen molar-refractivity contribution in [2.45, 2.75) is 18.5 Å². The first-order valence-electron chi connectivity index (χ1n) is 12.9. The number of ether oxygens (including phenoxy) is 3. The van der Waals surface area contributed by atoms with Gasteiger partial charge < -0.3 is 24.4 Å². The standard InChI is InChI=1S/C33H32N2O4/c1-37-27-18-14-25(15-19-27)34-29-22-30(23-10-6-4-7-11-23)35(26-16-20-28(38-2)21-17-26)32(31(29)33(36)39-3)24-12-8-5-9-13-24/h4-21,30,32,34H,22H2,1-3H3/t30-,32+/m0/s1. The Morgan fingerprint density at radius 3 is 1.79 bits per heavy atom. The van der Waals surface area contributed by atoms with Crippen LogP contribution in [0.5, 0.6) is 11.5 Å². The highest BCUT2D eigenvalue weighted by molar-refractivity contribution is 5.93. The SMILES string of the molecule is COC(=O)C1=C(Nc2ccc(OC)cc2)C[C@@H](c2ccccc2)N(c2ccc(OC)cc2)[C@@H]1c1ccccc1. The maximum atomic E-state index is 13.6. The third-order valence-corrected chi connectivity index (χ3v) is 7.07. The van der Waals surface area contributed by atoms with Gasteiger partial charge in [0.15, 0.2) is 0 Å². The van der Waals surface area contributed by atoms with Crippen molar-refractivity contribution in [2.24, 2.45) is 0 Å². The third kappa shape index (κ3) is 5.46. The van der Waals surface area contributed by atoms with Crippen LogP contribution < -0.4 is 19.7 Å². The minimum Gasteiger partial charge on any atom is -0.497 e. The van der Waals surface area contributed by atoms with E-state index >= 15 is 0 Å². The number of carbonyl (C=O) groups excluding carboxylic acids is 1. The lowest BCUT2D eigenvalue weighted by atomic mass is 9.84. The van der Waals surface area contributed by atoms with Crippen molar-refractivity contribution in [3.05, 3.63) is 132 Å². The largest absolute Gasteiger partial charge is 0.497 e. The highest BCUT2D eigenvalue weighted by Gasteiger charge is 2.41. The van der Waals surface area contributed by atoms with Gasteiger partial charge in [0.05, 0.1) is 39.0 Å². The topological polar surface area (TPSA) is 60.0 Å². The summed E-state index contributed by atoms with van der Waals surface area (Å²) < 4.78 is 16.2. The van der Waals surface area contributed by atoms with Crippen LogP contribution in [0.15, 0.2) is 120 Å². The smallest absolute Gasteiger partial charge is 0.337 e.